The Morgan fingerprint density at radius 2 is 1.68 bits per heavy atom. The average molecular weight is 466 g/mol. The Balaban J connectivity index is 1.76. The van der Waals surface area contributed by atoms with Gasteiger partial charge in [-0.25, -0.2) is 4.79 Å². The highest BCUT2D eigenvalue weighted by atomic mass is 19.4. The lowest BCUT2D eigenvalue weighted by atomic mass is 10.0. The standard InChI is InChI=1S/C26H17F3O5/c1-32-20-10-6-5-9-18(20)23-24(31)19-13-12-17(15-21(19)34-25(23)26(27,28)29)33-22(30)14-11-16-7-3-2-4-8-16/h2-15H,1H3/b14-11+. The van der Waals surface area contributed by atoms with Crippen LogP contribution in [0.1, 0.15) is 11.3 Å². The van der Waals surface area contributed by atoms with E-state index in [0.29, 0.717) is 0 Å². The monoisotopic (exact) mass is 466 g/mol. The van der Waals surface area contributed by atoms with Crippen LogP contribution in [0.4, 0.5) is 13.2 Å². The number of rotatable bonds is 5. The first-order valence-corrected chi connectivity index (χ1v) is 10.0. The van der Waals surface area contributed by atoms with Crippen LogP contribution in [0.15, 0.2) is 88.1 Å². The van der Waals surface area contributed by atoms with E-state index in [1.807, 2.05) is 6.07 Å². The van der Waals surface area contributed by atoms with E-state index in [4.69, 9.17) is 13.9 Å². The van der Waals surface area contributed by atoms with Gasteiger partial charge < -0.3 is 13.9 Å². The second kappa shape index (κ2) is 9.27. The summed E-state index contributed by atoms with van der Waals surface area (Å²) in [7, 11) is 1.29. The molecule has 4 rings (SSSR count). The topological polar surface area (TPSA) is 65.7 Å². The number of carbonyl (C=O) groups is 1. The van der Waals surface area contributed by atoms with Crippen molar-refractivity contribution in [1.82, 2.24) is 0 Å². The van der Waals surface area contributed by atoms with Crippen LogP contribution < -0.4 is 14.9 Å². The van der Waals surface area contributed by atoms with Crippen LogP contribution >= 0.6 is 0 Å². The van der Waals surface area contributed by atoms with Gasteiger partial charge in [-0.15, -0.1) is 0 Å². The number of benzene rings is 3. The second-order valence-corrected chi connectivity index (χ2v) is 7.16. The summed E-state index contributed by atoms with van der Waals surface area (Å²) in [6, 6.07) is 18.5. The van der Waals surface area contributed by atoms with Crippen LogP contribution in [0.3, 0.4) is 0 Å². The molecule has 5 nitrogen and oxygen atoms in total. The maximum atomic E-state index is 13.9. The number of hydrogen-bond donors (Lipinski definition) is 0. The molecule has 8 heteroatoms. The molecule has 0 spiro atoms. The van der Waals surface area contributed by atoms with Crippen molar-refractivity contribution in [2.45, 2.75) is 6.18 Å². The first-order chi connectivity index (χ1) is 16.3. The van der Waals surface area contributed by atoms with Crippen LogP contribution in [0.2, 0.25) is 0 Å². The number of ether oxygens (including phenoxy) is 2. The van der Waals surface area contributed by atoms with Crippen molar-refractivity contribution in [1.29, 1.82) is 0 Å². The third-order valence-electron chi connectivity index (χ3n) is 4.93. The third-order valence-corrected chi connectivity index (χ3v) is 4.93. The fourth-order valence-electron chi connectivity index (χ4n) is 3.41. The van der Waals surface area contributed by atoms with Crippen LogP contribution in [-0.2, 0) is 11.0 Å². The Morgan fingerprint density at radius 3 is 2.38 bits per heavy atom. The number of methoxy groups -OCH3 is 1. The minimum Gasteiger partial charge on any atom is -0.496 e. The molecular formula is C26H17F3O5. The molecule has 4 aromatic rings. The summed E-state index contributed by atoms with van der Waals surface area (Å²) in [5.74, 6) is -2.19. The van der Waals surface area contributed by atoms with Gasteiger partial charge in [0.1, 0.15) is 17.1 Å². The molecule has 0 aliphatic rings. The van der Waals surface area contributed by atoms with Crippen molar-refractivity contribution in [3.63, 3.8) is 0 Å². The van der Waals surface area contributed by atoms with E-state index < -0.39 is 28.9 Å². The summed E-state index contributed by atoms with van der Waals surface area (Å²) in [6.45, 7) is 0. The highest BCUT2D eigenvalue weighted by Gasteiger charge is 2.40. The quantitative estimate of drug-likeness (QED) is 0.202. The molecular weight excluding hydrogens is 449 g/mol. The van der Waals surface area contributed by atoms with Crippen molar-refractivity contribution >= 4 is 23.0 Å². The fraction of sp³-hybridized carbons (Fsp3) is 0.0769. The first kappa shape index (κ1) is 22.8. The maximum absolute atomic E-state index is 13.9. The minimum atomic E-state index is -4.96. The molecule has 3 aromatic carbocycles. The van der Waals surface area contributed by atoms with Gasteiger partial charge in [-0.3, -0.25) is 4.79 Å². The fourth-order valence-corrected chi connectivity index (χ4v) is 3.41. The van der Waals surface area contributed by atoms with E-state index in [0.717, 1.165) is 11.6 Å². The zero-order chi connectivity index (χ0) is 24.3. The Morgan fingerprint density at radius 1 is 0.971 bits per heavy atom. The lowest BCUT2D eigenvalue weighted by Gasteiger charge is -2.15. The maximum Gasteiger partial charge on any atom is 0.450 e. The Bertz CT molecular complexity index is 1440. The molecule has 34 heavy (non-hydrogen) atoms. The summed E-state index contributed by atoms with van der Waals surface area (Å²) in [4.78, 5) is 25.3. The molecule has 0 unspecified atom stereocenters. The number of carbonyl (C=O) groups excluding carboxylic acids is 1. The first-order valence-electron chi connectivity index (χ1n) is 10.0. The number of esters is 1. The van der Waals surface area contributed by atoms with E-state index in [1.165, 1.54) is 49.6 Å². The van der Waals surface area contributed by atoms with Crippen molar-refractivity contribution in [3.05, 3.63) is 100 Å². The van der Waals surface area contributed by atoms with Gasteiger partial charge in [0, 0.05) is 17.7 Å². The van der Waals surface area contributed by atoms with E-state index in [1.54, 1.807) is 30.3 Å². The molecule has 0 aliphatic carbocycles. The largest absolute Gasteiger partial charge is 0.496 e. The van der Waals surface area contributed by atoms with Gasteiger partial charge in [-0.1, -0.05) is 48.5 Å². The minimum absolute atomic E-state index is 0.0467. The van der Waals surface area contributed by atoms with Gasteiger partial charge in [0.15, 0.2) is 0 Å². The molecule has 0 saturated carbocycles. The molecule has 0 amide bonds. The smallest absolute Gasteiger partial charge is 0.450 e. The molecule has 0 fully saturated rings. The molecule has 0 aliphatic heterocycles. The Kier molecular flexibility index (Phi) is 6.23. The van der Waals surface area contributed by atoms with Gasteiger partial charge in [0.2, 0.25) is 11.2 Å². The third kappa shape index (κ3) is 4.71. The summed E-state index contributed by atoms with van der Waals surface area (Å²) in [5, 5.41) is -0.103. The summed E-state index contributed by atoms with van der Waals surface area (Å²) >= 11 is 0. The predicted molar refractivity (Wildman–Crippen MR) is 121 cm³/mol. The van der Waals surface area contributed by atoms with Crippen molar-refractivity contribution < 1.29 is 31.9 Å². The highest BCUT2D eigenvalue weighted by molar-refractivity contribution is 5.90. The molecule has 0 bridgehead atoms. The lowest BCUT2D eigenvalue weighted by molar-refractivity contribution is -0.152. The van der Waals surface area contributed by atoms with Crippen LogP contribution in [0, 0.1) is 0 Å². The van der Waals surface area contributed by atoms with E-state index >= 15 is 0 Å². The van der Waals surface area contributed by atoms with Crippen molar-refractivity contribution in [2.24, 2.45) is 0 Å². The molecule has 0 atom stereocenters. The number of hydrogen-bond acceptors (Lipinski definition) is 5. The normalized spacial score (nSPS) is 11.6. The number of para-hydroxylation sites is 1. The summed E-state index contributed by atoms with van der Waals surface area (Å²) in [6.07, 6.45) is -2.25. The van der Waals surface area contributed by atoms with Gasteiger partial charge in [-0.05, 0) is 29.8 Å². The Labute approximate surface area is 191 Å². The lowest BCUT2D eigenvalue weighted by Crippen LogP contribution is -2.16. The molecule has 172 valence electrons. The number of halogens is 3. The molecule has 1 aromatic heterocycles. The molecule has 0 saturated heterocycles. The average Bonchev–Trinajstić information content (AvgIpc) is 2.82. The van der Waals surface area contributed by atoms with Crippen molar-refractivity contribution in [3.8, 4) is 22.6 Å². The zero-order valence-electron chi connectivity index (χ0n) is 17.8. The van der Waals surface area contributed by atoms with Gasteiger partial charge in [-0.2, -0.15) is 13.2 Å². The van der Waals surface area contributed by atoms with Gasteiger partial charge in [0.05, 0.1) is 18.1 Å². The van der Waals surface area contributed by atoms with Crippen LogP contribution in [-0.4, -0.2) is 13.1 Å². The summed E-state index contributed by atoms with van der Waals surface area (Å²) in [5.41, 5.74) is -1.20. The van der Waals surface area contributed by atoms with Crippen LogP contribution in [0.25, 0.3) is 28.2 Å². The van der Waals surface area contributed by atoms with Crippen molar-refractivity contribution in [2.75, 3.05) is 7.11 Å². The van der Waals surface area contributed by atoms with E-state index in [-0.39, 0.29) is 28.0 Å². The molecule has 0 N–H and O–H groups in total. The van der Waals surface area contributed by atoms with E-state index in [2.05, 4.69) is 0 Å². The Hall–Kier alpha value is -4.33. The zero-order valence-corrected chi connectivity index (χ0v) is 17.8. The molecule has 0 radical (unpaired) electrons. The van der Waals surface area contributed by atoms with Gasteiger partial charge >= 0.3 is 12.1 Å². The number of alkyl halides is 3. The molecule has 1 heterocycles. The van der Waals surface area contributed by atoms with Gasteiger partial charge in [0.25, 0.3) is 0 Å². The number of fused-ring (bicyclic) bond motifs is 1. The van der Waals surface area contributed by atoms with E-state index in [9.17, 15) is 22.8 Å². The SMILES string of the molecule is COc1ccccc1-c1c(C(F)(F)F)oc2cc(OC(=O)/C=C/c3ccccc3)ccc2c1=O. The predicted octanol–water partition coefficient (Wildman–Crippen LogP) is 6.11. The second-order valence-electron chi connectivity index (χ2n) is 7.16. The summed E-state index contributed by atoms with van der Waals surface area (Å²) < 4.78 is 57.1. The van der Waals surface area contributed by atoms with Crippen LogP contribution in [0.5, 0.6) is 11.5 Å². The highest BCUT2D eigenvalue weighted by Crippen LogP contribution is 2.40.